The van der Waals surface area contributed by atoms with E-state index in [0.717, 1.165) is 6.07 Å². The van der Waals surface area contributed by atoms with Crippen molar-refractivity contribution in [2.24, 2.45) is 7.05 Å². The third kappa shape index (κ3) is 7.35. The predicted octanol–water partition coefficient (Wildman–Crippen LogP) is 6.75. The van der Waals surface area contributed by atoms with Crippen LogP contribution in [0.5, 0.6) is 0 Å². The molecule has 1 saturated carbocycles. The fourth-order valence-corrected chi connectivity index (χ4v) is 4.78. The van der Waals surface area contributed by atoms with E-state index in [9.17, 15) is 22.8 Å². The number of aryl methyl sites for hydroxylation is 1. The SMILES string of the molecule is Cn1cc(NC(=O)OC(C)(C)C)cc1C(=O)NC1CCC(Nc2cc(C(F)(F)F)nc3ccc(Cl)cc23)CC1. The normalized spacial score (nSPS) is 18.1. The minimum atomic E-state index is -4.58. The molecule has 8 nitrogen and oxygen atoms in total. The molecular weight excluding hydrogens is 535 g/mol. The lowest BCUT2D eigenvalue weighted by Gasteiger charge is -2.30. The Morgan fingerprint density at radius 3 is 2.36 bits per heavy atom. The number of aromatic nitrogens is 2. The number of rotatable bonds is 5. The van der Waals surface area contributed by atoms with Gasteiger partial charge in [-0.2, -0.15) is 13.2 Å². The molecule has 0 radical (unpaired) electrons. The quantitative estimate of drug-likeness (QED) is 0.318. The van der Waals surface area contributed by atoms with Crippen LogP contribution in [0.2, 0.25) is 5.02 Å². The molecule has 4 rings (SSSR count). The molecule has 0 aliphatic heterocycles. The van der Waals surface area contributed by atoms with Crippen LogP contribution >= 0.6 is 11.6 Å². The molecular formula is C27H31ClF3N5O3. The molecule has 1 aromatic carbocycles. The average Bonchev–Trinajstić information content (AvgIpc) is 3.18. The van der Waals surface area contributed by atoms with Gasteiger partial charge in [0.15, 0.2) is 0 Å². The second-order valence-corrected chi connectivity index (χ2v) is 11.2. The topological polar surface area (TPSA) is 97.3 Å². The van der Waals surface area contributed by atoms with E-state index in [4.69, 9.17) is 16.3 Å². The Bertz CT molecular complexity index is 1380. The Morgan fingerprint density at radius 1 is 1.05 bits per heavy atom. The standard InChI is InChI=1S/C27H31ClF3N5O3/c1-26(2,3)39-25(38)34-18-12-22(36(4)14-18)24(37)33-17-8-6-16(7-9-17)32-21-13-23(27(29,30)31)35-20-10-5-15(28)11-19(20)21/h5,10-14,16-17H,6-9H2,1-4H3,(H,32,35)(H,33,37)(H,34,38). The molecule has 12 heteroatoms. The van der Waals surface area contributed by atoms with E-state index in [0.29, 0.717) is 53.2 Å². The summed E-state index contributed by atoms with van der Waals surface area (Å²) in [5.74, 6) is -0.282. The second-order valence-electron chi connectivity index (χ2n) is 10.7. The van der Waals surface area contributed by atoms with Crippen molar-refractivity contribution in [3.63, 3.8) is 0 Å². The maximum absolute atomic E-state index is 13.4. The number of hydrogen-bond acceptors (Lipinski definition) is 5. The summed E-state index contributed by atoms with van der Waals surface area (Å²) in [4.78, 5) is 28.7. The minimum Gasteiger partial charge on any atom is -0.444 e. The van der Waals surface area contributed by atoms with Gasteiger partial charge in [0.25, 0.3) is 5.91 Å². The van der Waals surface area contributed by atoms with E-state index in [1.807, 2.05) is 0 Å². The van der Waals surface area contributed by atoms with Crippen molar-refractivity contribution in [3.8, 4) is 0 Å². The number of benzene rings is 1. The molecule has 1 aliphatic carbocycles. The summed E-state index contributed by atoms with van der Waals surface area (Å²) < 4.78 is 47.2. The smallest absolute Gasteiger partial charge is 0.433 e. The lowest BCUT2D eigenvalue weighted by molar-refractivity contribution is -0.140. The number of ether oxygens (including phenoxy) is 1. The van der Waals surface area contributed by atoms with Gasteiger partial charge < -0.3 is 19.9 Å². The molecule has 0 spiro atoms. The summed E-state index contributed by atoms with van der Waals surface area (Å²) in [6.45, 7) is 5.28. The van der Waals surface area contributed by atoms with Gasteiger partial charge in [0.05, 0.1) is 11.2 Å². The molecule has 2 aromatic heterocycles. The van der Waals surface area contributed by atoms with Gasteiger partial charge in [0.1, 0.15) is 17.0 Å². The maximum Gasteiger partial charge on any atom is 0.433 e. The predicted molar refractivity (Wildman–Crippen MR) is 144 cm³/mol. The number of pyridine rings is 1. The zero-order valence-electron chi connectivity index (χ0n) is 22.1. The van der Waals surface area contributed by atoms with E-state index in [2.05, 4.69) is 20.9 Å². The number of carbonyl (C=O) groups excluding carboxylic acids is 2. The molecule has 2 heterocycles. The van der Waals surface area contributed by atoms with E-state index in [-0.39, 0.29) is 23.5 Å². The number of nitrogens with one attached hydrogen (secondary N) is 3. The molecule has 2 amide bonds. The van der Waals surface area contributed by atoms with Crippen molar-refractivity contribution in [1.29, 1.82) is 0 Å². The molecule has 3 N–H and O–H groups in total. The number of halogens is 4. The highest BCUT2D eigenvalue weighted by molar-refractivity contribution is 6.31. The summed E-state index contributed by atoms with van der Waals surface area (Å²) in [7, 11) is 1.70. The zero-order valence-corrected chi connectivity index (χ0v) is 22.8. The van der Waals surface area contributed by atoms with Crippen molar-refractivity contribution in [1.82, 2.24) is 14.9 Å². The third-order valence-corrected chi connectivity index (χ3v) is 6.60. The Balaban J connectivity index is 1.37. The van der Waals surface area contributed by atoms with Crippen molar-refractivity contribution in [3.05, 3.63) is 52.9 Å². The summed E-state index contributed by atoms with van der Waals surface area (Å²) >= 11 is 6.10. The Hall–Kier alpha value is -3.47. The summed E-state index contributed by atoms with van der Waals surface area (Å²) in [6, 6.07) is 7.00. The Labute approximate surface area is 229 Å². The summed E-state index contributed by atoms with van der Waals surface area (Å²) in [5.41, 5.74) is -0.264. The van der Waals surface area contributed by atoms with Gasteiger partial charge in [-0.05, 0) is 76.8 Å². The monoisotopic (exact) mass is 565 g/mol. The number of carbonyl (C=O) groups is 2. The highest BCUT2D eigenvalue weighted by atomic mass is 35.5. The van der Waals surface area contributed by atoms with E-state index in [1.54, 1.807) is 50.7 Å². The van der Waals surface area contributed by atoms with E-state index < -0.39 is 23.6 Å². The van der Waals surface area contributed by atoms with Crippen LogP contribution in [-0.4, -0.2) is 39.2 Å². The lowest BCUT2D eigenvalue weighted by atomic mass is 9.90. The van der Waals surface area contributed by atoms with Crippen LogP contribution in [-0.2, 0) is 18.0 Å². The largest absolute Gasteiger partial charge is 0.444 e. The van der Waals surface area contributed by atoms with Crippen molar-refractivity contribution in [2.75, 3.05) is 10.6 Å². The van der Waals surface area contributed by atoms with Crippen LogP contribution in [0.25, 0.3) is 10.9 Å². The van der Waals surface area contributed by atoms with Crippen molar-refractivity contribution >= 4 is 45.9 Å². The molecule has 0 saturated heterocycles. The zero-order chi connectivity index (χ0) is 28.5. The van der Waals surface area contributed by atoms with Crippen LogP contribution in [0.1, 0.15) is 62.6 Å². The van der Waals surface area contributed by atoms with Gasteiger partial charge in [-0.1, -0.05) is 11.6 Å². The van der Waals surface area contributed by atoms with Crippen LogP contribution in [0.4, 0.5) is 29.3 Å². The van der Waals surface area contributed by atoms with Crippen molar-refractivity contribution in [2.45, 2.75) is 70.3 Å². The minimum absolute atomic E-state index is 0.0801. The first kappa shape index (κ1) is 28.5. The Morgan fingerprint density at radius 2 is 1.72 bits per heavy atom. The van der Waals surface area contributed by atoms with Gasteiger partial charge >= 0.3 is 12.3 Å². The first-order chi connectivity index (χ1) is 18.2. The van der Waals surface area contributed by atoms with Crippen LogP contribution < -0.4 is 16.0 Å². The molecule has 1 fully saturated rings. The van der Waals surface area contributed by atoms with Gasteiger partial charge in [0.2, 0.25) is 0 Å². The van der Waals surface area contributed by atoms with Gasteiger partial charge in [-0.3, -0.25) is 10.1 Å². The number of amides is 2. The van der Waals surface area contributed by atoms with Gasteiger partial charge in [0, 0.05) is 41.4 Å². The fraction of sp³-hybridized carbons (Fsp3) is 0.444. The maximum atomic E-state index is 13.4. The molecule has 210 valence electrons. The number of hydrogen-bond donors (Lipinski definition) is 3. The Kier molecular flexibility index (Phi) is 8.02. The first-order valence-corrected chi connectivity index (χ1v) is 13.0. The number of nitrogens with zero attached hydrogens (tertiary/aromatic N) is 2. The first-order valence-electron chi connectivity index (χ1n) is 12.6. The molecule has 0 unspecified atom stereocenters. The van der Waals surface area contributed by atoms with Crippen LogP contribution in [0, 0.1) is 0 Å². The third-order valence-electron chi connectivity index (χ3n) is 6.37. The second kappa shape index (κ2) is 11.0. The molecule has 0 atom stereocenters. The highest BCUT2D eigenvalue weighted by Gasteiger charge is 2.34. The molecule has 39 heavy (non-hydrogen) atoms. The number of alkyl halides is 3. The van der Waals surface area contributed by atoms with Crippen LogP contribution in [0.15, 0.2) is 36.5 Å². The molecule has 0 bridgehead atoms. The average molecular weight is 566 g/mol. The number of anilines is 2. The number of fused-ring (bicyclic) bond motifs is 1. The summed E-state index contributed by atoms with van der Waals surface area (Å²) in [6.07, 6.45) is -0.979. The van der Waals surface area contributed by atoms with Crippen molar-refractivity contribution < 1.29 is 27.5 Å². The van der Waals surface area contributed by atoms with Gasteiger partial charge in [-0.25, -0.2) is 9.78 Å². The fourth-order valence-electron chi connectivity index (χ4n) is 4.60. The molecule has 3 aromatic rings. The summed E-state index contributed by atoms with van der Waals surface area (Å²) in [5, 5.41) is 9.82. The lowest BCUT2D eigenvalue weighted by Crippen LogP contribution is -2.40. The van der Waals surface area contributed by atoms with E-state index >= 15 is 0 Å². The van der Waals surface area contributed by atoms with Gasteiger partial charge in [-0.15, -0.1) is 0 Å². The van der Waals surface area contributed by atoms with Crippen LogP contribution in [0.3, 0.4) is 0 Å². The molecule has 1 aliphatic rings. The van der Waals surface area contributed by atoms with E-state index in [1.165, 1.54) is 12.1 Å². The highest BCUT2D eigenvalue weighted by Crippen LogP contribution is 2.35.